The first-order valence-electron chi connectivity index (χ1n) is 5.08. The zero-order valence-corrected chi connectivity index (χ0v) is 10.8. The number of carbonyl (C=O) groups is 1. The van der Waals surface area contributed by atoms with Crippen molar-refractivity contribution >= 4 is 29.2 Å². The first-order chi connectivity index (χ1) is 8.63. The van der Waals surface area contributed by atoms with E-state index in [9.17, 15) is 4.79 Å². The fraction of sp³-hybridized carbons (Fsp3) is 0.182. The van der Waals surface area contributed by atoms with Crippen LogP contribution in [0.5, 0.6) is 0 Å². The zero-order chi connectivity index (χ0) is 13.1. The second-order valence-electron chi connectivity index (χ2n) is 3.23. The molecule has 1 heterocycles. The van der Waals surface area contributed by atoms with E-state index in [0.717, 1.165) is 0 Å². The average Bonchev–Trinajstić information content (AvgIpc) is 2.82. The molecule has 0 atom stereocenters. The molecule has 0 saturated heterocycles. The number of ether oxygens (including phenoxy) is 1. The van der Waals surface area contributed by atoms with Gasteiger partial charge in [-0.1, -0.05) is 29.3 Å². The van der Waals surface area contributed by atoms with Crippen LogP contribution in [0.25, 0.3) is 11.5 Å². The number of carbonyl (C=O) groups excluding carboxylic acids is 1. The highest BCUT2D eigenvalue weighted by atomic mass is 35.5. The lowest BCUT2D eigenvalue weighted by Gasteiger charge is -2.00. The Morgan fingerprint density at radius 3 is 2.89 bits per heavy atom. The summed E-state index contributed by atoms with van der Waals surface area (Å²) in [5, 5.41) is 7.98. The summed E-state index contributed by atoms with van der Waals surface area (Å²) in [5.74, 6) is -0.775. The van der Waals surface area contributed by atoms with Crippen LogP contribution in [-0.4, -0.2) is 22.8 Å². The molecule has 1 aromatic heterocycles. The number of aromatic nitrogens is 2. The fourth-order valence-corrected chi connectivity index (χ4v) is 1.66. The maximum atomic E-state index is 11.4. The van der Waals surface area contributed by atoms with Gasteiger partial charge in [-0.05, 0) is 19.1 Å². The van der Waals surface area contributed by atoms with E-state index in [4.69, 9.17) is 32.4 Å². The van der Waals surface area contributed by atoms with Gasteiger partial charge in [0.05, 0.1) is 22.2 Å². The van der Waals surface area contributed by atoms with Gasteiger partial charge in [0.25, 0.3) is 0 Å². The average molecular weight is 287 g/mol. The molecule has 0 aliphatic heterocycles. The normalized spacial score (nSPS) is 10.4. The molecule has 18 heavy (non-hydrogen) atoms. The number of hydrogen-bond donors (Lipinski definition) is 0. The van der Waals surface area contributed by atoms with Crippen LogP contribution < -0.4 is 0 Å². The summed E-state index contributed by atoms with van der Waals surface area (Å²) in [5.41, 5.74) is 0.465. The lowest BCUT2D eigenvalue weighted by atomic mass is 10.2. The summed E-state index contributed by atoms with van der Waals surface area (Å²) in [6.45, 7) is 1.91. The zero-order valence-electron chi connectivity index (χ0n) is 9.31. The number of nitrogens with zero attached hydrogens (tertiary/aromatic N) is 2. The van der Waals surface area contributed by atoms with Crippen LogP contribution in [0.4, 0.5) is 0 Å². The third-order valence-corrected chi connectivity index (χ3v) is 2.88. The molecule has 0 aliphatic rings. The van der Waals surface area contributed by atoms with Crippen LogP contribution >= 0.6 is 23.2 Å². The highest BCUT2D eigenvalue weighted by Crippen LogP contribution is 2.32. The maximum absolute atomic E-state index is 11.4. The van der Waals surface area contributed by atoms with Crippen molar-refractivity contribution in [3.8, 4) is 11.5 Å². The minimum atomic E-state index is -0.672. The molecule has 0 amide bonds. The predicted octanol–water partition coefficient (Wildman–Crippen LogP) is 3.22. The Hall–Kier alpha value is -1.59. The molecule has 94 valence electrons. The van der Waals surface area contributed by atoms with Gasteiger partial charge >= 0.3 is 11.9 Å². The van der Waals surface area contributed by atoms with Gasteiger partial charge in [0.1, 0.15) is 0 Å². The summed E-state index contributed by atoms with van der Waals surface area (Å²) >= 11 is 11.9. The molecule has 5 nitrogen and oxygen atoms in total. The Morgan fingerprint density at radius 2 is 2.17 bits per heavy atom. The Bertz CT molecular complexity index is 583. The predicted molar refractivity (Wildman–Crippen MR) is 65.7 cm³/mol. The van der Waals surface area contributed by atoms with E-state index in [2.05, 4.69) is 10.2 Å². The quantitative estimate of drug-likeness (QED) is 0.811. The molecule has 0 unspecified atom stereocenters. The van der Waals surface area contributed by atoms with Crippen molar-refractivity contribution in [3.05, 3.63) is 34.1 Å². The highest BCUT2D eigenvalue weighted by Gasteiger charge is 2.18. The molecule has 2 rings (SSSR count). The summed E-state index contributed by atoms with van der Waals surface area (Å²) in [6, 6.07) is 4.99. The third kappa shape index (κ3) is 2.47. The summed E-state index contributed by atoms with van der Waals surface area (Å²) in [4.78, 5) is 11.4. The molecular weight excluding hydrogens is 279 g/mol. The summed E-state index contributed by atoms with van der Waals surface area (Å²) in [7, 11) is 0. The Balaban J connectivity index is 2.35. The summed E-state index contributed by atoms with van der Waals surface area (Å²) in [6.07, 6.45) is 0. The van der Waals surface area contributed by atoms with Crippen molar-refractivity contribution in [3.63, 3.8) is 0 Å². The van der Waals surface area contributed by atoms with E-state index < -0.39 is 5.97 Å². The second kappa shape index (κ2) is 5.37. The van der Waals surface area contributed by atoms with E-state index in [1.807, 2.05) is 0 Å². The van der Waals surface area contributed by atoms with Crippen LogP contribution in [0.2, 0.25) is 10.0 Å². The number of benzene rings is 1. The molecule has 1 aromatic carbocycles. The molecular formula is C11H8Cl2N2O3. The van der Waals surface area contributed by atoms with Gasteiger partial charge in [0, 0.05) is 0 Å². The molecule has 0 bridgehead atoms. The number of hydrogen-bond acceptors (Lipinski definition) is 5. The van der Waals surface area contributed by atoms with Crippen LogP contribution in [0.15, 0.2) is 22.6 Å². The van der Waals surface area contributed by atoms with E-state index in [0.29, 0.717) is 15.6 Å². The Morgan fingerprint density at radius 1 is 1.39 bits per heavy atom. The van der Waals surface area contributed by atoms with Crippen molar-refractivity contribution in [2.45, 2.75) is 6.92 Å². The number of halogens is 2. The molecule has 2 aromatic rings. The lowest BCUT2D eigenvalue weighted by Crippen LogP contribution is -2.04. The van der Waals surface area contributed by atoms with Gasteiger partial charge in [-0.15, -0.1) is 10.2 Å². The molecule has 0 radical (unpaired) electrons. The van der Waals surface area contributed by atoms with Crippen molar-refractivity contribution < 1.29 is 13.9 Å². The van der Waals surface area contributed by atoms with E-state index in [1.54, 1.807) is 25.1 Å². The smallest absolute Gasteiger partial charge is 0.396 e. The van der Waals surface area contributed by atoms with Crippen molar-refractivity contribution in [2.24, 2.45) is 0 Å². The van der Waals surface area contributed by atoms with Crippen molar-refractivity contribution in [1.82, 2.24) is 10.2 Å². The number of rotatable bonds is 3. The van der Waals surface area contributed by atoms with Gasteiger partial charge in [-0.2, -0.15) is 0 Å². The van der Waals surface area contributed by atoms with Crippen LogP contribution in [0.3, 0.4) is 0 Å². The molecule has 0 saturated carbocycles. The third-order valence-electron chi connectivity index (χ3n) is 2.06. The van der Waals surface area contributed by atoms with Gasteiger partial charge in [-0.3, -0.25) is 0 Å². The summed E-state index contributed by atoms with van der Waals surface area (Å²) < 4.78 is 9.92. The van der Waals surface area contributed by atoms with E-state index in [1.165, 1.54) is 0 Å². The number of esters is 1. The largest absolute Gasteiger partial charge is 0.459 e. The molecule has 7 heteroatoms. The molecule has 0 spiro atoms. The molecule has 0 aliphatic carbocycles. The SMILES string of the molecule is CCOC(=O)c1nnc(-c2cccc(Cl)c2Cl)o1. The first kappa shape index (κ1) is 12.9. The monoisotopic (exact) mass is 286 g/mol. The topological polar surface area (TPSA) is 65.2 Å². The van der Waals surface area contributed by atoms with Crippen LogP contribution in [-0.2, 0) is 4.74 Å². The van der Waals surface area contributed by atoms with Gasteiger partial charge in [-0.25, -0.2) is 4.79 Å². The van der Waals surface area contributed by atoms with E-state index >= 15 is 0 Å². The Kier molecular flexibility index (Phi) is 3.84. The Labute approximate surface area is 113 Å². The lowest BCUT2D eigenvalue weighted by molar-refractivity contribution is 0.0481. The van der Waals surface area contributed by atoms with Gasteiger partial charge < -0.3 is 9.15 Å². The first-order valence-corrected chi connectivity index (χ1v) is 5.84. The van der Waals surface area contributed by atoms with Crippen molar-refractivity contribution in [2.75, 3.05) is 6.61 Å². The molecule has 0 fully saturated rings. The minimum Gasteiger partial charge on any atom is -0.459 e. The van der Waals surface area contributed by atoms with Crippen LogP contribution in [0, 0.1) is 0 Å². The second-order valence-corrected chi connectivity index (χ2v) is 4.02. The highest BCUT2D eigenvalue weighted by molar-refractivity contribution is 6.43. The van der Waals surface area contributed by atoms with Gasteiger partial charge in [0.2, 0.25) is 5.89 Å². The van der Waals surface area contributed by atoms with Crippen LogP contribution in [0.1, 0.15) is 17.6 Å². The maximum Gasteiger partial charge on any atom is 0.396 e. The molecule has 0 N–H and O–H groups in total. The van der Waals surface area contributed by atoms with Crippen molar-refractivity contribution in [1.29, 1.82) is 0 Å². The standard InChI is InChI=1S/C11H8Cl2N2O3/c1-2-17-11(16)10-15-14-9(18-10)6-4-3-5-7(12)8(6)13/h3-5H,2H2,1H3. The van der Waals surface area contributed by atoms with E-state index in [-0.39, 0.29) is 18.4 Å². The fourth-order valence-electron chi connectivity index (χ4n) is 1.28. The minimum absolute atomic E-state index is 0.116. The van der Waals surface area contributed by atoms with Gasteiger partial charge in [0.15, 0.2) is 0 Å².